The van der Waals surface area contributed by atoms with Gasteiger partial charge >= 0.3 is 11.9 Å². The summed E-state index contributed by atoms with van der Waals surface area (Å²) < 4.78 is 17.6. The molecule has 0 bridgehead atoms. The van der Waals surface area contributed by atoms with Crippen LogP contribution in [0.25, 0.3) is 0 Å². The number of rotatable bonds is 8. The molecule has 6 rings (SSSR count). The molecule has 214 valence electrons. The summed E-state index contributed by atoms with van der Waals surface area (Å²) >= 11 is 1.50. The lowest BCUT2D eigenvalue weighted by Gasteiger charge is -2.41. The molecule has 3 aromatic carbocycles. The molecule has 0 aliphatic carbocycles. The lowest BCUT2D eigenvalue weighted by Crippen LogP contribution is -2.38. The molecule has 4 atom stereocenters. The number of hydrogen-bond acceptors (Lipinski definition) is 10. The van der Waals surface area contributed by atoms with E-state index in [1.54, 1.807) is 18.2 Å². The Labute approximate surface area is 244 Å². The Bertz CT molecular complexity index is 1630. The number of H-pyrrole nitrogens is 1. The summed E-state index contributed by atoms with van der Waals surface area (Å²) in [7, 11) is 0. The van der Waals surface area contributed by atoms with Crippen LogP contribution in [0.4, 0.5) is 5.69 Å². The van der Waals surface area contributed by atoms with Crippen molar-refractivity contribution in [1.82, 2.24) is 15.2 Å². The molecule has 1 aromatic heterocycles. The number of thioether (sulfide) groups is 1. The first-order valence-corrected chi connectivity index (χ1v) is 14.2. The lowest BCUT2D eigenvalue weighted by atomic mass is 9.91. The number of amides is 1. The van der Waals surface area contributed by atoms with Gasteiger partial charge in [-0.2, -0.15) is 5.10 Å². The maximum absolute atomic E-state index is 13.0. The van der Waals surface area contributed by atoms with Gasteiger partial charge in [0.1, 0.15) is 6.33 Å². The maximum Gasteiger partial charge on any atom is 0.346 e. The molecule has 12 heteroatoms. The van der Waals surface area contributed by atoms with Crippen LogP contribution >= 0.6 is 11.8 Å². The molecule has 0 spiro atoms. The number of aliphatic hydroxyl groups is 1. The first kappa shape index (κ1) is 27.8. The van der Waals surface area contributed by atoms with E-state index in [1.807, 2.05) is 30.3 Å². The zero-order valence-corrected chi connectivity index (χ0v) is 23.2. The predicted molar refractivity (Wildman–Crippen MR) is 151 cm³/mol. The van der Waals surface area contributed by atoms with Gasteiger partial charge in [0.05, 0.1) is 29.9 Å². The van der Waals surface area contributed by atoms with E-state index in [2.05, 4.69) is 32.2 Å². The summed E-state index contributed by atoms with van der Waals surface area (Å²) in [6, 6.07) is 19.0. The monoisotopic (exact) mass is 586 g/mol. The second kappa shape index (κ2) is 11.9. The number of nitrogens with one attached hydrogen (secondary N) is 2. The standard InChI is InChI=1S/C30H26N4O7S/c1-16-24(14-42-30-31-15-32-34-30)39-29(40-25(16)18-7-5-17(13-35)6-8-18)20-3-2-4-21(11-20)33-26(36)19-9-10-22-23(12-19)28(38)41-27(22)37/h2-12,15-16,24-25,29,35H,13-14H2,1H3,(H,33,36)(H,31,32,34). The third-order valence-electron chi connectivity index (χ3n) is 7.22. The van der Waals surface area contributed by atoms with Crippen LogP contribution < -0.4 is 5.32 Å². The van der Waals surface area contributed by atoms with Crippen LogP contribution in [-0.4, -0.2) is 50.0 Å². The van der Waals surface area contributed by atoms with Crippen molar-refractivity contribution in [2.75, 3.05) is 11.1 Å². The molecule has 1 fully saturated rings. The van der Waals surface area contributed by atoms with Crippen molar-refractivity contribution in [2.45, 2.75) is 37.2 Å². The second-order valence-electron chi connectivity index (χ2n) is 9.94. The molecule has 4 unspecified atom stereocenters. The van der Waals surface area contributed by atoms with E-state index in [-0.39, 0.29) is 41.4 Å². The number of hydrogen-bond donors (Lipinski definition) is 3. The number of esters is 2. The van der Waals surface area contributed by atoms with E-state index in [9.17, 15) is 19.5 Å². The smallest absolute Gasteiger partial charge is 0.346 e. The van der Waals surface area contributed by atoms with E-state index < -0.39 is 24.1 Å². The Balaban J connectivity index is 1.23. The fourth-order valence-corrected chi connectivity index (χ4v) is 5.87. The highest BCUT2D eigenvalue weighted by molar-refractivity contribution is 7.99. The highest BCUT2D eigenvalue weighted by Gasteiger charge is 2.38. The molecule has 42 heavy (non-hydrogen) atoms. The van der Waals surface area contributed by atoms with Crippen LogP contribution in [0, 0.1) is 5.92 Å². The van der Waals surface area contributed by atoms with Crippen molar-refractivity contribution < 1.29 is 33.7 Å². The van der Waals surface area contributed by atoms with Gasteiger partial charge in [-0.1, -0.05) is 55.1 Å². The van der Waals surface area contributed by atoms with E-state index >= 15 is 0 Å². The van der Waals surface area contributed by atoms with Crippen LogP contribution in [0.3, 0.4) is 0 Å². The Morgan fingerprint density at radius 2 is 1.81 bits per heavy atom. The zero-order valence-electron chi connectivity index (χ0n) is 22.4. The van der Waals surface area contributed by atoms with Gasteiger partial charge in [-0.25, -0.2) is 14.6 Å². The van der Waals surface area contributed by atoms with Crippen molar-refractivity contribution >= 4 is 35.3 Å². The third kappa shape index (κ3) is 5.70. The van der Waals surface area contributed by atoms with Gasteiger partial charge in [0.2, 0.25) is 0 Å². The summed E-state index contributed by atoms with van der Waals surface area (Å²) in [5, 5.41) is 19.8. The fraction of sp³-hybridized carbons (Fsp3) is 0.233. The van der Waals surface area contributed by atoms with Crippen molar-refractivity contribution in [3.05, 3.63) is 106 Å². The average molecular weight is 587 g/mol. The molecule has 1 amide bonds. The van der Waals surface area contributed by atoms with Crippen LogP contribution in [0.1, 0.15) is 67.1 Å². The van der Waals surface area contributed by atoms with Gasteiger partial charge in [-0.15, -0.1) is 0 Å². The third-order valence-corrected chi connectivity index (χ3v) is 8.19. The summed E-state index contributed by atoms with van der Waals surface area (Å²) in [6.45, 7) is 2.03. The number of anilines is 1. The van der Waals surface area contributed by atoms with Crippen LogP contribution in [0.15, 0.2) is 78.2 Å². The molecule has 2 aliphatic rings. The average Bonchev–Trinajstić information content (AvgIpc) is 3.64. The van der Waals surface area contributed by atoms with Crippen LogP contribution in [-0.2, 0) is 20.8 Å². The maximum atomic E-state index is 13.0. The summed E-state index contributed by atoms with van der Waals surface area (Å²) in [4.78, 5) is 40.9. The van der Waals surface area contributed by atoms with Crippen molar-refractivity contribution in [2.24, 2.45) is 5.92 Å². The minimum absolute atomic E-state index is 0.0158. The number of carbonyl (C=O) groups is 3. The molecule has 2 aliphatic heterocycles. The van der Waals surface area contributed by atoms with Gasteiger partial charge in [-0.05, 0) is 41.5 Å². The quantitative estimate of drug-likeness (QED) is 0.153. The normalized spacial score (nSPS) is 21.6. The lowest BCUT2D eigenvalue weighted by molar-refractivity contribution is -0.268. The molecule has 3 N–H and O–H groups in total. The predicted octanol–water partition coefficient (Wildman–Crippen LogP) is 4.44. The minimum Gasteiger partial charge on any atom is -0.392 e. The number of aromatic nitrogens is 3. The molecule has 0 radical (unpaired) electrons. The molecular formula is C30H26N4O7S. The number of nitrogens with zero attached hydrogens (tertiary/aromatic N) is 2. The van der Waals surface area contributed by atoms with Crippen molar-refractivity contribution in [3.8, 4) is 0 Å². The number of cyclic esters (lactones) is 2. The summed E-state index contributed by atoms with van der Waals surface area (Å²) in [6.07, 6.45) is 0.206. The largest absolute Gasteiger partial charge is 0.392 e. The molecule has 3 heterocycles. The second-order valence-corrected chi connectivity index (χ2v) is 10.9. The number of aliphatic hydroxyl groups excluding tert-OH is 1. The zero-order chi connectivity index (χ0) is 29.2. The van der Waals surface area contributed by atoms with Gasteiger partial charge in [0.25, 0.3) is 5.91 Å². The number of ether oxygens (including phenoxy) is 3. The van der Waals surface area contributed by atoms with Crippen molar-refractivity contribution in [3.63, 3.8) is 0 Å². The van der Waals surface area contributed by atoms with Gasteiger partial charge in [0.15, 0.2) is 11.4 Å². The van der Waals surface area contributed by atoms with Crippen LogP contribution in [0.2, 0.25) is 0 Å². The summed E-state index contributed by atoms with van der Waals surface area (Å²) in [5.74, 6) is -1.37. The molecule has 1 saturated heterocycles. The Morgan fingerprint density at radius 3 is 2.57 bits per heavy atom. The molecule has 0 saturated carbocycles. The van der Waals surface area contributed by atoms with Gasteiger partial charge in [0, 0.05) is 28.5 Å². The number of fused-ring (bicyclic) bond motifs is 1. The number of benzene rings is 3. The Morgan fingerprint density at radius 1 is 1.00 bits per heavy atom. The van der Waals surface area contributed by atoms with Gasteiger partial charge < -0.3 is 24.6 Å². The SMILES string of the molecule is CC1C(CSc2ncn[nH]2)OC(c2cccc(NC(=O)c3ccc4c(c3)C(=O)OC4=O)c2)OC1c1ccc(CO)cc1. The van der Waals surface area contributed by atoms with Crippen LogP contribution in [0.5, 0.6) is 0 Å². The molecular weight excluding hydrogens is 560 g/mol. The topological polar surface area (TPSA) is 153 Å². The minimum atomic E-state index is -0.774. The Kier molecular flexibility index (Phi) is 7.85. The Hall–Kier alpha value is -4.36. The fourth-order valence-electron chi connectivity index (χ4n) is 4.93. The number of aromatic amines is 1. The van der Waals surface area contributed by atoms with E-state index in [1.165, 1.54) is 36.3 Å². The van der Waals surface area contributed by atoms with E-state index in [4.69, 9.17) is 9.47 Å². The highest BCUT2D eigenvalue weighted by Crippen LogP contribution is 2.43. The number of carbonyl (C=O) groups excluding carboxylic acids is 3. The summed E-state index contributed by atoms with van der Waals surface area (Å²) in [5.41, 5.74) is 3.38. The van der Waals surface area contributed by atoms with E-state index in [0.29, 0.717) is 22.2 Å². The van der Waals surface area contributed by atoms with Gasteiger partial charge in [-0.3, -0.25) is 9.89 Å². The highest BCUT2D eigenvalue weighted by atomic mass is 32.2. The van der Waals surface area contributed by atoms with Crippen molar-refractivity contribution in [1.29, 1.82) is 0 Å². The van der Waals surface area contributed by atoms with E-state index in [0.717, 1.165) is 11.1 Å². The first-order valence-electron chi connectivity index (χ1n) is 13.2. The molecule has 11 nitrogen and oxygen atoms in total. The first-order chi connectivity index (χ1) is 20.4. The molecule has 4 aromatic rings.